The normalized spacial score (nSPS) is 24.7. The van der Waals surface area contributed by atoms with Gasteiger partial charge in [-0.2, -0.15) is 0 Å². The first-order valence-electron chi connectivity index (χ1n) is 8.65. The van der Waals surface area contributed by atoms with Gasteiger partial charge in [-0.1, -0.05) is 12.1 Å². The molecule has 0 saturated carbocycles. The van der Waals surface area contributed by atoms with Gasteiger partial charge in [-0.05, 0) is 35.4 Å². The van der Waals surface area contributed by atoms with Crippen molar-refractivity contribution in [2.75, 3.05) is 27.4 Å². The van der Waals surface area contributed by atoms with E-state index in [1.54, 1.807) is 24.3 Å². The third-order valence-corrected chi connectivity index (χ3v) is 5.11. The van der Waals surface area contributed by atoms with Gasteiger partial charge in [0.1, 0.15) is 0 Å². The Bertz CT molecular complexity index is 726. The summed E-state index contributed by atoms with van der Waals surface area (Å²) in [5.41, 5.74) is 1.46. The lowest BCUT2D eigenvalue weighted by Crippen LogP contribution is -2.23. The predicted octanol–water partition coefficient (Wildman–Crippen LogP) is 2.14. The lowest BCUT2D eigenvalue weighted by molar-refractivity contribution is 0.0183. The molecule has 7 heteroatoms. The molecule has 7 nitrogen and oxygen atoms in total. The molecule has 0 aromatic heterocycles. The van der Waals surface area contributed by atoms with E-state index in [0.717, 1.165) is 11.1 Å². The van der Waals surface area contributed by atoms with E-state index in [1.807, 2.05) is 0 Å². The number of ether oxygens (including phenoxy) is 3. The van der Waals surface area contributed by atoms with Gasteiger partial charge in [0.05, 0.1) is 26.4 Å². The summed E-state index contributed by atoms with van der Waals surface area (Å²) in [4.78, 5) is 0. The van der Waals surface area contributed by atoms with Gasteiger partial charge in [-0.3, -0.25) is 0 Å². The van der Waals surface area contributed by atoms with Gasteiger partial charge in [0, 0.05) is 25.0 Å². The number of hydrogen-bond acceptors (Lipinski definition) is 7. The average molecular weight is 376 g/mol. The molecule has 4 N–H and O–H groups in total. The van der Waals surface area contributed by atoms with Gasteiger partial charge in [-0.15, -0.1) is 0 Å². The number of methoxy groups -OCH3 is 2. The maximum atomic E-state index is 9.95. The number of aromatic hydroxyl groups is 2. The first-order valence-corrected chi connectivity index (χ1v) is 8.65. The van der Waals surface area contributed by atoms with Crippen LogP contribution in [0.1, 0.15) is 23.3 Å². The first-order chi connectivity index (χ1) is 13.0. The van der Waals surface area contributed by atoms with E-state index in [0.29, 0.717) is 11.5 Å². The Hall–Kier alpha value is -2.48. The third kappa shape index (κ3) is 3.53. The van der Waals surface area contributed by atoms with E-state index in [1.165, 1.54) is 26.4 Å². The number of rotatable bonds is 6. The average Bonchev–Trinajstić information content (AvgIpc) is 3.07. The van der Waals surface area contributed by atoms with Crippen LogP contribution >= 0.6 is 0 Å². The van der Waals surface area contributed by atoms with E-state index >= 15 is 0 Å². The van der Waals surface area contributed by atoms with Crippen LogP contribution in [0.25, 0.3) is 0 Å². The Morgan fingerprint density at radius 2 is 1.19 bits per heavy atom. The lowest BCUT2D eigenvalue weighted by atomic mass is 9.83. The number of aliphatic hydroxyl groups is 2. The van der Waals surface area contributed by atoms with Crippen LogP contribution in [0.4, 0.5) is 0 Å². The third-order valence-electron chi connectivity index (χ3n) is 5.11. The number of aliphatic hydroxyl groups excluding tert-OH is 2. The van der Waals surface area contributed by atoms with Crippen LogP contribution in [0.5, 0.6) is 23.0 Å². The zero-order valence-corrected chi connectivity index (χ0v) is 15.2. The second-order valence-electron chi connectivity index (χ2n) is 6.53. The Kier molecular flexibility index (Phi) is 5.74. The molecule has 2 aromatic carbocycles. The van der Waals surface area contributed by atoms with Crippen molar-refractivity contribution < 1.29 is 34.6 Å². The molecule has 27 heavy (non-hydrogen) atoms. The number of phenols is 2. The van der Waals surface area contributed by atoms with Crippen molar-refractivity contribution in [2.45, 2.75) is 12.2 Å². The predicted molar refractivity (Wildman–Crippen MR) is 97.0 cm³/mol. The quantitative estimate of drug-likeness (QED) is 0.612. The molecule has 0 unspecified atom stereocenters. The van der Waals surface area contributed by atoms with E-state index in [9.17, 15) is 20.4 Å². The maximum absolute atomic E-state index is 9.95. The second kappa shape index (κ2) is 8.04. The lowest BCUT2D eigenvalue weighted by Gasteiger charge is -2.21. The summed E-state index contributed by atoms with van der Waals surface area (Å²) in [6.07, 6.45) is -0.988. The monoisotopic (exact) mass is 376 g/mol. The Morgan fingerprint density at radius 3 is 1.52 bits per heavy atom. The zero-order valence-electron chi connectivity index (χ0n) is 15.2. The Balaban J connectivity index is 1.98. The highest BCUT2D eigenvalue weighted by Crippen LogP contribution is 2.50. The molecule has 1 fully saturated rings. The summed E-state index contributed by atoms with van der Waals surface area (Å²) in [6, 6.07) is 9.76. The number of phenolic OH excluding ortho intramolecular Hbond substituents is 2. The number of hydrogen-bond donors (Lipinski definition) is 4. The molecule has 4 atom stereocenters. The molecule has 1 aliphatic heterocycles. The van der Waals surface area contributed by atoms with Crippen molar-refractivity contribution in [1.29, 1.82) is 0 Å². The van der Waals surface area contributed by atoms with E-state index in [4.69, 9.17) is 14.2 Å². The van der Waals surface area contributed by atoms with E-state index in [2.05, 4.69) is 0 Å². The summed E-state index contributed by atoms with van der Waals surface area (Å²) in [7, 11) is 2.92. The molecule has 0 radical (unpaired) electrons. The van der Waals surface area contributed by atoms with Crippen LogP contribution in [0.2, 0.25) is 0 Å². The second-order valence-corrected chi connectivity index (χ2v) is 6.53. The van der Waals surface area contributed by atoms with Gasteiger partial charge >= 0.3 is 0 Å². The minimum Gasteiger partial charge on any atom is -0.504 e. The van der Waals surface area contributed by atoms with Crippen molar-refractivity contribution in [3.05, 3.63) is 47.5 Å². The molecular formula is C20H24O7. The Morgan fingerprint density at radius 1 is 0.778 bits per heavy atom. The zero-order chi connectivity index (χ0) is 19.6. The van der Waals surface area contributed by atoms with Crippen molar-refractivity contribution in [1.82, 2.24) is 0 Å². The summed E-state index contributed by atoms with van der Waals surface area (Å²) in [6.45, 7) is -0.352. The van der Waals surface area contributed by atoms with Crippen molar-refractivity contribution >= 4 is 0 Å². The molecule has 0 bridgehead atoms. The summed E-state index contributed by atoms with van der Waals surface area (Å²) in [5, 5.41) is 39.5. The molecule has 2 aromatic rings. The van der Waals surface area contributed by atoms with Crippen LogP contribution in [0.3, 0.4) is 0 Å². The first kappa shape index (κ1) is 19.3. The minimum absolute atomic E-state index is 0.0123. The van der Waals surface area contributed by atoms with Gasteiger partial charge in [0.25, 0.3) is 0 Å². The topological polar surface area (TPSA) is 109 Å². The molecule has 0 spiro atoms. The van der Waals surface area contributed by atoms with E-state index in [-0.39, 0.29) is 36.5 Å². The van der Waals surface area contributed by atoms with Gasteiger partial charge in [0.2, 0.25) is 0 Å². The smallest absolute Gasteiger partial charge is 0.160 e. The highest BCUT2D eigenvalue weighted by molar-refractivity contribution is 5.44. The molecular weight excluding hydrogens is 352 g/mol. The fraction of sp³-hybridized carbons (Fsp3) is 0.400. The molecule has 1 heterocycles. The largest absolute Gasteiger partial charge is 0.504 e. The van der Waals surface area contributed by atoms with E-state index < -0.39 is 12.2 Å². The molecule has 146 valence electrons. The van der Waals surface area contributed by atoms with Gasteiger partial charge in [0.15, 0.2) is 23.0 Å². The van der Waals surface area contributed by atoms with Crippen molar-refractivity contribution in [3.63, 3.8) is 0 Å². The van der Waals surface area contributed by atoms with Crippen LogP contribution < -0.4 is 9.47 Å². The fourth-order valence-electron chi connectivity index (χ4n) is 3.66. The van der Waals surface area contributed by atoms with Crippen LogP contribution in [-0.4, -0.2) is 47.9 Å². The highest BCUT2D eigenvalue weighted by atomic mass is 16.5. The molecule has 0 aliphatic carbocycles. The summed E-state index contributed by atoms with van der Waals surface area (Å²) in [5.74, 6) is -0.0640. The minimum atomic E-state index is -0.494. The van der Waals surface area contributed by atoms with Crippen molar-refractivity contribution in [3.8, 4) is 23.0 Å². The SMILES string of the molecule is COc1cc([C@H]2O[C@@H](c3ccc(O)c(OC)c3)[C@@H](CO)[C@@H]2CO)ccc1O. The van der Waals surface area contributed by atoms with Crippen LogP contribution in [-0.2, 0) is 4.74 Å². The maximum Gasteiger partial charge on any atom is 0.160 e. The van der Waals surface area contributed by atoms with Crippen molar-refractivity contribution in [2.24, 2.45) is 11.8 Å². The summed E-state index contributed by atoms with van der Waals surface area (Å²) >= 11 is 0. The fourth-order valence-corrected chi connectivity index (χ4v) is 3.66. The molecule has 1 aliphatic rings. The van der Waals surface area contributed by atoms with Gasteiger partial charge < -0.3 is 34.6 Å². The van der Waals surface area contributed by atoms with Gasteiger partial charge in [-0.25, -0.2) is 0 Å². The Labute approximate surface area is 157 Å². The molecule has 1 saturated heterocycles. The molecule has 0 amide bonds. The molecule has 3 rings (SSSR count). The summed E-state index contributed by atoms with van der Waals surface area (Å²) < 4.78 is 16.5. The van der Waals surface area contributed by atoms with Crippen LogP contribution in [0, 0.1) is 11.8 Å². The van der Waals surface area contributed by atoms with Crippen LogP contribution in [0.15, 0.2) is 36.4 Å². The highest BCUT2D eigenvalue weighted by Gasteiger charge is 2.45. The standard InChI is InChI=1S/C20H24O7/c1-25-17-7-11(3-5-15(17)23)19-13(9-21)14(10-22)20(27-19)12-4-6-16(24)18(8-12)26-2/h3-8,13-14,19-24H,9-10H2,1-2H3/t13-,14-,19-,20+/m0/s1. The number of benzene rings is 2.